The van der Waals surface area contributed by atoms with E-state index in [4.69, 9.17) is 4.74 Å². The number of carbonyl (C=O) groups is 1. The Morgan fingerprint density at radius 2 is 1.77 bits per heavy atom. The molecule has 0 radical (unpaired) electrons. The van der Waals surface area contributed by atoms with Gasteiger partial charge in [-0.1, -0.05) is 60.7 Å². The summed E-state index contributed by atoms with van der Waals surface area (Å²) in [6.07, 6.45) is 2.30. The zero-order valence-corrected chi connectivity index (χ0v) is 13.6. The quantitative estimate of drug-likeness (QED) is 0.809. The molecule has 1 fully saturated rings. The predicted molar refractivity (Wildman–Crippen MR) is 90.5 cm³/mol. The Kier molecular flexibility index (Phi) is 4.59. The number of rotatable bonds is 4. The van der Waals surface area contributed by atoms with Gasteiger partial charge in [0.15, 0.2) is 0 Å². The molecule has 1 aliphatic heterocycles. The van der Waals surface area contributed by atoms with Crippen LogP contribution in [0.3, 0.4) is 0 Å². The first-order chi connectivity index (χ1) is 10.7. The fourth-order valence-corrected chi connectivity index (χ4v) is 2.95. The largest absolute Gasteiger partial charge is 0.447 e. The van der Waals surface area contributed by atoms with Crippen molar-refractivity contribution in [3.63, 3.8) is 0 Å². The molecule has 0 spiro atoms. The van der Waals surface area contributed by atoms with Gasteiger partial charge in [0.25, 0.3) is 0 Å². The van der Waals surface area contributed by atoms with E-state index in [2.05, 4.69) is 28.1 Å². The van der Waals surface area contributed by atoms with Gasteiger partial charge in [0.2, 0.25) is 0 Å². The van der Waals surface area contributed by atoms with Crippen LogP contribution in [-0.2, 0) is 11.2 Å². The van der Waals surface area contributed by atoms with Crippen LogP contribution in [0.15, 0.2) is 66.9 Å². The number of hydrogen-bond acceptors (Lipinski definition) is 2. The van der Waals surface area contributed by atoms with Crippen molar-refractivity contribution in [3.05, 3.63) is 78.0 Å². The minimum atomic E-state index is -0.297. The Hall–Kier alpha value is -2.07. The number of halogens is 1. The Bertz CT molecular complexity index is 670. The number of cyclic esters (lactones) is 1. The summed E-state index contributed by atoms with van der Waals surface area (Å²) in [5.41, 5.74) is 2.22. The van der Waals surface area contributed by atoms with E-state index in [1.54, 1.807) is 4.90 Å². The van der Waals surface area contributed by atoms with E-state index in [9.17, 15) is 4.79 Å². The lowest BCUT2D eigenvalue weighted by Crippen LogP contribution is -2.30. The highest BCUT2D eigenvalue weighted by molar-refractivity contribution is 9.15. The van der Waals surface area contributed by atoms with Crippen molar-refractivity contribution in [1.82, 2.24) is 4.90 Å². The molecule has 0 aliphatic carbocycles. The normalized spacial score (nSPS) is 18.4. The van der Waals surface area contributed by atoms with Gasteiger partial charge in [-0.3, -0.25) is 4.90 Å². The van der Waals surface area contributed by atoms with Crippen LogP contribution in [0, 0.1) is 0 Å². The number of amides is 1. The second-order valence-corrected chi connectivity index (χ2v) is 6.03. The molecule has 0 N–H and O–H groups in total. The van der Waals surface area contributed by atoms with Gasteiger partial charge in [-0.15, -0.1) is 0 Å². The van der Waals surface area contributed by atoms with Crippen LogP contribution in [0.1, 0.15) is 11.1 Å². The molecule has 0 aromatic heterocycles. The highest BCUT2D eigenvalue weighted by Gasteiger charge is 2.31. The smallest absolute Gasteiger partial charge is 0.414 e. The molecular weight excluding hydrogens is 342 g/mol. The summed E-state index contributed by atoms with van der Waals surface area (Å²) in [5, 5.41) is 0. The van der Waals surface area contributed by atoms with E-state index < -0.39 is 0 Å². The summed E-state index contributed by atoms with van der Waals surface area (Å²) in [5.74, 6) is 0. The summed E-state index contributed by atoms with van der Waals surface area (Å²) in [6, 6.07) is 20.0. The summed E-state index contributed by atoms with van der Waals surface area (Å²) >= 11 is 3.55. The van der Waals surface area contributed by atoms with Crippen LogP contribution >= 0.6 is 15.9 Å². The van der Waals surface area contributed by atoms with Crippen molar-refractivity contribution in [3.8, 4) is 0 Å². The van der Waals surface area contributed by atoms with Crippen LogP contribution in [0.5, 0.6) is 0 Å². The van der Waals surface area contributed by atoms with Crippen LogP contribution in [0.25, 0.3) is 4.48 Å². The van der Waals surface area contributed by atoms with E-state index in [1.807, 2.05) is 54.7 Å². The lowest BCUT2D eigenvalue weighted by atomic mass is 10.1. The summed E-state index contributed by atoms with van der Waals surface area (Å²) in [7, 11) is 0. The van der Waals surface area contributed by atoms with Crippen LogP contribution < -0.4 is 0 Å². The number of hydrogen-bond donors (Lipinski definition) is 0. The Morgan fingerprint density at radius 1 is 1.14 bits per heavy atom. The second kappa shape index (κ2) is 6.79. The third-order valence-electron chi connectivity index (χ3n) is 3.62. The second-order valence-electron chi connectivity index (χ2n) is 5.17. The van der Waals surface area contributed by atoms with Crippen molar-refractivity contribution in [2.45, 2.75) is 12.5 Å². The summed E-state index contributed by atoms with van der Waals surface area (Å²) in [6.45, 7) is 0.416. The van der Waals surface area contributed by atoms with E-state index in [-0.39, 0.29) is 12.1 Å². The lowest BCUT2D eigenvalue weighted by Gasteiger charge is -2.18. The molecule has 1 aliphatic rings. The minimum absolute atomic E-state index is 0.0196. The first-order valence-corrected chi connectivity index (χ1v) is 7.95. The Morgan fingerprint density at radius 3 is 2.45 bits per heavy atom. The van der Waals surface area contributed by atoms with Crippen molar-refractivity contribution < 1.29 is 9.53 Å². The molecule has 0 unspecified atom stereocenters. The number of ether oxygens (including phenoxy) is 1. The molecule has 3 nitrogen and oxygen atoms in total. The van der Waals surface area contributed by atoms with E-state index >= 15 is 0 Å². The van der Waals surface area contributed by atoms with Crippen molar-refractivity contribution in [1.29, 1.82) is 0 Å². The molecule has 112 valence electrons. The van der Waals surface area contributed by atoms with Gasteiger partial charge in [-0.25, -0.2) is 4.79 Å². The maximum absolute atomic E-state index is 12.0. The fourth-order valence-electron chi connectivity index (χ4n) is 2.47. The molecule has 1 heterocycles. The van der Waals surface area contributed by atoms with Gasteiger partial charge in [0.1, 0.15) is 6.61 Å². The molecular formula is C18H16BrNO2. The van der Waals surface area contributed by atoms with Crippen LogP contribution in [0.4, 0.5) is 4.79 Å². The van der Waals surface area contributed by atoms with Gasteiger partial charge >= 0.3 is 6.09 Å². The zero-order valence-electron chi connectivity index (χ0n) is 12.0. The average Bonchev–Trinajstić information content (AvgIpc) is 2.90. The maximum atomic E-state index is 12.0. The first kappa shape index (κ1) is 14.9. The maximum Gasteiger partial charge on any atom is 0.414 e. The molecule has 22 heavy (non-hydrogen) atoms. The standard InChI is InChI=1S/C18H16BrNO2/c19-17(15-9-5-2-6-10-15)12-20-16(13-22-18(20)21)11-14-7-3-1-4-8-14/h1-10,12,16H,11,13H2/b17-12+/t16-/m1/s1. The SMILES string of the molecule is O=C1OC[C@@H](Cc2ccccc2)N1/C=C(/Br)c1ccccc1. The lowest BCUT2D eigenvalue weighted by molar-refractivity contribution is 0.166. The fraction of sp³-hybridized carbons (Fsp3) is 0.167. The predicted octanol–water partition coefficient (Wildman–Crippen LogP) is 4.44. The van der Waals surface area contributed by atoms with Gasteiger partial charge < -0.3 is 4.74 Å². The number of carbonyl (C=O) groups excluding carboxylic acids is 1. The third-order valence-corrected chi connectivity index (χ3v) is 4.28. The molecule has 4 heteroatoms. The van der Waals surface area contributed by atoms with Crippen molar-refractivity contribution in [2.24, 2.45) is 0 Å². The molecule has 3 rings (SSSR count). The average molecular weight is 358 g/mol. The molecule has 1 saturated heterocycles. The van der Waals surface area contributed by atoms with Crippen molar-refractivity contribution in [2.75, 3.05) is 6.61 Å². The molecule has 1 amide bonds. The monoisotopic (exact) mass is 357 g/mol. The minimum Gasteiger partial charge on any atom is -0.447 e. The first-order valence-electron chi connectivity index (χ1n) is 7.16. The van der Waals surface area contributed by atoms with E-state index in [0.29, 0.717) is 6.61 Å². The molecule has 2 aromatic carbocycles. The molecule has 0 saturated carbocycles. The Balaban J connectivity index is 1.79. The van der Waals surface area contributed by atoms with Crippen molar-refractivity contribution >= 4 is 26.5 Å². The topological polar surface area (TPSA) is 29.5 Å². The molecule has 2 aromatic rings. The third kappa shape index (κ3) is 3.39. The summed E-state index contributed by atoms with van der Waals surface area (Å²) in [4.78, 5) is 13.7. The number of nitrogens with zero attached hydrogens (tertiary/aromatic N) is 1. The van der Waals surface area contributed by atoms with E-state index in [1.165, 1.54) is 5.56 Å². The Labute approximate surface area is 138 Å². The van der Waals surface area contributed by atoms with Gasteiger partial charge in [0, 0.05) is 10.7 Å². The molecule has 1 atom stereocenters. The highest BCUT2D eigenvalue weighted by atomic mass is 79.9. The summed E-state index contributed by atoms with van der Waals surface area (Å²) < 4.78 is 6.07. The van der Waals surface area contributed by atoms with Crippen LogP contribution in [-0.4, -0.2) is 23.6 Å². The zero-order chi connectivity index (χ0) is 15.4. The van der Waals surface area contributed by atoms with Gasteiger partial charge in [0.05, 0.1) is 6.04 Å². The van der Waals surface area contributed by atoms with E-state index in [0.717, 1.165) is 16.5 Å². The molecule has 0 bridgehead atoms. The van der Waals surface area contributed by atoms with Gasteiger partial charge in [-0.05, 0) is 33.5 Å². The van der Waals surface area contributed by atoms with Gasteiger partial charge in [-0.2, -0.15) is 0 Å². The van der Waals surface area contributed by atoms with Crippen LogP contribution in [0.2, 0.25) is 0 Å². The number of benzene rings is 2. The highest BCUT2D eigenvalue weighted by Crippen LogP contribution is 2.25.